The fourth-order valence-corrected chi connectivity index (χ4v) is 1.35. The number of allylic oxidation sites excluding steroid dienone is 1. The van der Waals surface area contributed by atoms with E-state index in [2.05, 4.69) is 20.8 Å². The molecule has 0 aromatic heterocycles. The molecule has 0 aliphatic heterocycles. The summed E-state index contributed by atoms with van der Waals surface area (Å²) in [4.78, 5) is 0. The molecule has 2 heteroatoms. The van der Waals surface area contributed by atoms with Gasteiger partial charge < -0.3 is 0 Å². The summed E-state index contributed by atoms with van der Waals surface area (Å²) in [7, 11) is 0. The molecule has 0 aliphatic carbocycles. The highest BCUT2D eigenvalue weighted by Gasteiger charge is 2.14. The van der Waals surface area contributed by atoms with Crippen molar-refractivity contribution in [3.05, 3.63) is 11.1 Å². The molecule has 0 spiro atoms. The zero-order valence-electron chi connectivity index (χ0n) is 6.04. The van der Waals surface area contributed by atoms with Gasteiger partial charge in [-0.25, -0.2) is 0 Å². The molecule has 0 N–H and O–H groups in total. The fraction of sp³-hybridized carbons (Fsp3) is 0.714. The Morgan fingerprint density at radius 2 is 1.89 bits per heavy atom. The van der Waals surface area contributed by atoms with Crippen molar-refractivity contribution in [1.29, 1.82) is 0 Å². The van der Waals surface area contributed by atoms with Crippen LogP contribution in [-0.2, 0) is 0 Å². The van der Waals surface area contributed by atoms with Crippen LogP contribution in [0.3, 0.4) is 0 Å². The normalized spacial score (nSPS) is 14.1. The van der Waals surface area contributed by atoms with Gasteiger partial charge in [0.1, 0.15) is 0 Å². The Hall–Kier alpha value is 0.320. The van der Waals surface area contributed by atoms with Gasteiger partial charge in [-0.05, 0) is 11.0 Å². The molecule has 0 nitrogen and oxygen atoms in total. The van der Waals surface area contributed by atoms with Gasteiger partial charge in [0.2, 0.25) is 0 Å². The first-order valence-corrected chi connectivity index (χ1v) is 3.85. The van der Waals surface area contributed by atoms with E-state index in [1.807, 2.05) is 0 Å². The van der Waals surface area contributed by atoms with Gasteiger partial charge in [-0.1, -0.05) is 32.4 Å². The van der Waals surface area contributed by atoms with Crippen LogP contribution >= 0.6 is 23.2 Å². The lowest BCUT2D eigenvalue weighted by Crippen LogP contribution is -2.09. The lowest BCUT2D eigenvalue weighted by Gasteiger charge is -2.19. The third kappa shape index (κ3) is 3.12. The highest BCUT2D eigenvalue weighted by atomic mass is 35.5. The van der Waals surface area contributed by atoms with Crippen LogP contribution in [0.15, 0.2) is 11.1 Å². The molecule has 0 heterocycles. The Labute approximate surface area is 66.8 Å². The first kappa shape index (κ1) is 9.32. The Balaban J connectivity index is 4.14. The minimum atomic E-state index is 0.115. The van der Waals surface area contributed by atoms with Crippen molar-refractivity contribution >= 4 is 23.2 Å². The van der Waals surface area contributed by atoms with E-state index in [0.717, 1.165) is 5.57 Å². The van der Waals surface area contributed by atoms with Gasteiger partial charge in [-0.2, -0.15) is 0 Å². The van der Waals surface area contributed by atoms with Gasteiger partial charge in [-0.3, -0.25) is 0 Å². The third-order valence-corrected chi connectivity index (χ3v) is 1.79. The molecular formula is C7H12Cl2. The zero-order chi connectivity index (χ0) is 7.49. The molecule has 54 valence electrons. The average molecular weight is 167 g/mol. The summed E-state index contributed by atoms with van der Waals surface area (Å²) in [5, 5.41) is 0. The molecule has 9 heavy (non-hydrogen) atoms. The number of halogens is 2. The molecule has 0 atom stereocenters. The van der Waals surface area contributed by atoms with E-state index >= 15 is 0 Å². The van der Waals surface area contributed by atoms with E-state index in [9.17, 15) is 0 Å². The van der Waals surface area contributed by atoms with Crippen molar-refractivity contribution in [2.24, 2.45) is 5.41 Å². The lowest BCUT2D eigenvalue weighted by atomic mass is 9.89. The van der Waals surface area contributed by atoms with Crippen molar-refractivity contribution in [3.8, 4) is 0 Å². The van der Waals surface area contributed by atoms with Crippen LogP contribution < -0.4 is 0 Å². The van der Waals surface area contributed by atoms with Gasteiger partial charge in [0, 0.05) is 11.4 Å². The van der Waals surface area contributed by atoms with Crippen molar-refractivity contribution in [3.63, 3.8) is 0 Å². The Morgan fingerprint density at radius 1 is 1.44 bits per heavy atom. The maximum atomic E-state index is 5.60. The predicted octanol–water partition coefficient (Wildman–Crippen LogP) is 3.39. The number of rotatable bonds is 1. The smallest absolute Gasteiger partial charge is 0.0450 e. The molecular weight excluding hydrogens is 155 g/mol. The summed E-state index contributed by atoms with van der Waals surface area (Å²) in [6, 6.07) is 0. The molecule has 0 amide bonds. The van der Waals surface area contributed by atoms with Gasteiger partial charge in [0.15, 0.2) is 0 Å². The second-order valence-electron chi connectivity index (χ2n) is 3.02. The molecule has 0 radical (unpaired) electrons. The molecule has 0 aromatic rings. The predicted molar refractivity (Wildman–Crippen MR) is 44.1 cm³/mol. The Bertz CT molecular complexity index is 109. The summed E-state index contributed by atoms with van der Waals surface area (Å²) < 4.78 is 0. The van der Waals surface area contributed by atoms with E-state index in [1.54, 1.807) is 5.54 Å². The van der Waals surface area contributed by atoms with Crippen molar-refractivity contribution in [2.75, 3.05) is 5.88 Å². The largest absolute Gasteiger partial charge is 0.122 e. The quantitative estimate of drug-likeness (QED) is 0.525. The minimum Gasteiger partial charge on any atom is -0.122 e. The number of hydrogen-bond donors (Lipinski definition) is 0. The average Bonchev–Trinajstić information content (AvgIpc) is 1.65. The van der Waals surface area contributed by atoms with Gasteiger partial charge >= 0.3 is 0 Å². The van der Waals surface area contributed by atoms with Crippen molar-refractivity contribution in [1.82, 2.24) is 0 Å². The minimum absolute atomic E-state index is 0.115. The highest BCUT2D eigenvalue weighted by Crippen LogP contribution is 2.26. The molecule has 0 aromatic carbocycles. The van der Waals surface area contributed by atoms with E-state index in [0.29, 0.717) is 5.88 Å². The molecule has 0 saturated carbocycles. The van der Waals surface area contributed by atoms with Gasteiger partial charge in [-0.15, -0.1) is 11.6 Å². The van der Waals surface area contributed by atoms with Crippen LogP contribution in [-0.4, -0.2) is 5.88 Å². The summed E-state index contributed by atoms with van der Waals surface area (Å²) in [5.74, 6) is 0.521. The Kier molecular flexibility index (Phi) is 3.60. The van der Waals surface area contributed by atoms with E-state index in [4.69, 9.17) is 23.2 Å². The number of alkyl halides is 1. The molecule has 0 bridgehead atoms. The van der Waals surface area contributed by atoms with E-state index in [1.165, 1.54) is 0 Å². The first-order valence-electron chi connectivity index (χ1n) is 2.88. The van der Waals surface area contributed by atoms with Crippen LogP contribution in [0, 0.1) is 5.41 Å². The lowest BCUT2D eigenvalue weighted by molar-refractivity contribution is 0.506. The van der Waals surface area contributed by atoms with Crippen molar-refractivity contribution in [2.45, 2.75) is 20.8 Å². The third-order valence-electron chi connectivity index (χ3n) is 1.24. The maximum absolute atomic E-state index is 5.60. The van der Waals surface area contributed by atoms with Crippen LogP contribution in [0.2, 0.25) is 0 Å². The highest BCUT2D eigenvalue weighted by molar-refractivity contribution is 6.27. The second-order valence-corrected chi connectivity index (χ2v) is 3.50. The van der Waals surface area contributed by atoms with Gasteiger partial charge in [0.25, 0.3) is 0 Å². The second kappa shape index (κ2) is 3.48. The summed E-state index contributed by atoms with van der Waals surface area (Å²) >= 11 is 11.1. The summed E-state index contributed by atoms with van der Waals surface area (Å²) in [5.41, 5.74) is 2.75. The van der Waals surface area contributed by atoms with Gasteiger partial charge in [0.05, 0.1) is 0 Å². The standard InChI is InChI=1S/C7H12Cl2/c1-7(2,3)6(4-8)5-9/h4H,5H2,1-3H3/b6-4+. The first-order chi connectivity index (χ1) is 4.02. The van der Waals surface area contributed by atoms with Crippen LogP contribution in [0.1, 0.15) is 20.8 Å². The molecule has 0 unspecified atom stereocenters. The topological polar surface area (TPSA) is 0 Å². The Morgan fingerprint density at radius 3 is 1.89 bits per heavy atom. The van der Waals surface area contributed by atoms with Crippen molar-refractivity contribution < 1.29 is 0 Å². The molecule has 0 rings (SSSR count). The number of hydrogen-bond acceptors (Lipinski definition) is 0. The zero-order valence-corrected chi connectivity index (χ0v) is 7.55. The van der Waals surface area contributed by atoms with Crippen LogP contribution in [0.25, 0.3) is 0 Å². The summed E-state index contributed by atoms with van der Waals surface area (Å²) in [6.07, 6.45) is 0. The molecule has 0 aliphatic rings. The molecule has 0 fully saturated rings. The maximum Gasteiger partial charge on any atom is 0.0450 e. The fourth-order valence-electron chi connectivity index (χ4n) is 0.393. The summed E-state index contributed by atoms with van der Waals surface area (Å²) in [6.45, 7) is 6.26. The van der Waals surface area contributed by atoms with E-state index < -0.39 is 0 Å². The SMILES string of the molecule is CC(C)(C)/C(=C/Cl)CCl. The monoisotopic (exact) mass is 166 g/mol. The van der Waals surface area contributed by atoms with Crippen LogP contribution in [0.4, 0.5) is 0 Å². The van der Waals surface area contributed by atoms with E-state index in [-0.39, 0.29) is 5.41 Å². The van der Waals surface area contributed by atoms with Crippen LogP contribution in [0.5, 0.6) is 0 Å². The molecule has 0 saturated heterocycles.